The van der Waals surface area contributed by atoms with Crippen LogP contribution in [-0.2, 0) is 11.4 Å². The minimum atomic E-state index is -0.0648. The first kappa shape index (κ1) is 24.1. The van der Waals surface area contributed by atoms with Crippen molar-refractivity contribution in [2.45, 2.75) is 13.5 Å². The van der Waals surface area contributed by atoms with Gasteiger partial charge in [0.2, 0.25) is 0 Å². The highest BCUT2D eigenvalue weighted by molar-refractivity contribution is 9.10. The zero-order valence-corrected chi connectivity index (χ0v) is 22.3. The molecule has 0 aliphatic carbocycles. The van der Waals surface area contributed by atoms with E-state index in [9.17, 15) is 4.79 Å². The number of aliphatic imine (C=N–C) groups is 1. The van der Waals surface area contributed by atoms with E-state index >= 15 is 0 Å². The molecule has 0 unspecified atom stereocenters. The van der Waals surface area contributed by atoms with Gasteiger partial charge in [-0.25, -0.2) is 4.99 Å². The van der Waals surface area contributed by atoms with Crippen LogP contribution in [0.3, 0.4) is 0 Å². The molecule has 3 aromatic carbocycles. The lowest BCUT2D eigenvalue weighted by Crippen LogP contribution is -2.28. The van der Waals surface area contributed by atoms with E-state index in [1.165, 1.54) is 11.8 Å². The Morgan fingerprint density at radius 1 is 1.06 bits per heavy atom. The number of benzene rings is 3. The SMILES string of the molecule is CCN1C(=O)/C(=C/c2ccc(OCc3ccccc3)c(Br)c2)SC1=Nc1ccc(Br)c(Cl)c1. The van der Waals surface area contributed by atoms with E-state index in [-0.39, 0.29) is 5.91 Å². The van der Waals surface area contributed by atoms with Crippen LogP contribution >= 0.6 is 55.2 Å². The van der Waals surface area contributed by atoms with Crippen LogP contribution in [0, 0.1) is 0 Å². The number of carbonyl (C=O) groups is 1. The molecule has 1 saturated heterocycles. The maximum atomic E-state index is 13.0. The third-order valence-electron chi connectivity index (χ3n) is 4.82. The lowest BCUT2D eigenvalue weighted by Gasteiger charge is -2.12. The maximum Gasteiger partial charge on any atom is 0.266 e. The fraction of sp³-hybridized carbons (Fsp3) is 0.120. The van der Waals surface area contributed by atoms with E-state index in [0.717, 1.165) is 25.8 Å². The molecule has 1 amide bonds. The van der Waals surface area contributed by atoms with Crippen molar-refractivity contribution in [1.29, 1.82) is 0 Å². The second-order valence-electron chi connectivity index (χ2n) is 7.12. The third kappa shape index (κ3) is 5.90. The Morgan fingerprint density at radius 3 is 2.55 bits per heavy atom. The summed E-state index contributed by atoms with van der Waals surface area (Å²) in [5.41, 5.74) is 2.69. The third-order valence-corrected chi connectivity index (χ3v) is 7.68. The lowest BCUT2D eigenvalue weighted by molar-refractivity contribution is -0.122. The highest BCUT2D eigenvalue weighted by Gasteiger charge is 2.32. The number of ether oxygens (including phenoxy) is 1. The molecule has 0 spiro atoms. The molecule has 0 atom stereocenters. The zero-order valence-electron chi connectivity index (χ0n) is 17.6. The summed E-state index contributed by atoms with van der Waals surface area (Å²) in [4.78, 5) is 19.9. The minimum Gasteiger partial charge on any atom is -0.488 e. The van der Waals surface area contributed by atoms with Gasteiger partial charge < -0.3 is 4.74 Å². The van der Waals surface area contributed by atoms with Gasteiger partial charge in [0.1, 0.15) is 12.4 Å². The number of thioether (sulfide) groups is 1. The normalized spacial score (nSPS) is 16.1. The maximum absolute atomic E-state index is 13.0. The second kappa shape index (κ2) is 10.9. The van der Waals surface area contributed by atoms with Gasteiger partial charge in [-0.2, -0.15) is 0 Å². The highest BCUT2D eigenvalue weighted by Crippen LogP contribution is 2.36. The molecule has 3 aromatic rings. The van der Waals surface area contributed by atoms with Crippen LogP contribution in [0.4, 0.5) is 5.69 Å². The summed E-state index contributed by atoms with van der Waals surface area (Å²) < 4.78 is 7.56. The highest BCUT2D eigenvalue weighted by atomic mass is 79.9. The van der Waals surface area contributed by atoms with Crippen LogP contribution in [0.25, 0.3) is 6.08 Å². The molecular formula is C25H19Br2ClN2O2S. The summed E-state index contributed by atoms with van der Waals surface area (Å²) in [6.45, 7) is 2.95. The van der Waals surface area contributed by atoms with Crippen molar-refractivity contribution >= 4 is 78.1 Å². The predicted molar refractivity (Wildman–Crippen MR) is 144 cm³/mol. The molecule has 1 fully saturated rings. The average Bonchev–Trinajstić information content (AvgIpc) is 3.10. The van der Waals surface area contributed by atoms with Crippen LogP contribution < -0.4 is 4.74 Å². The van der Waals surface area contributed by atoms with Gasteiger partial charge in [0.25, 0.3) is 5.91 Å². The van der Waals surface area contributed by atoms with Gasteiger partial charge in [-0.1, -0.05) is 48.0 Å². The molecule has 1 aliphatic rings. The minimum absolute atomic E-state index is 0.0648. The number of carbonyl (C=O) groups excluding carboxylic acids is 1. The van der Waals surface area contributed by atoms with E-state index in [4.69, 9.17) is 16.3 Å². The topological polar surface area (TPSA) is 41.9 Å². The van der Waals surface area contributed by atoms with Crippen molar-refractivity contribution in [1.82, 2.24) is 4.90 Å². The van der Waals surface area contributed by atoms with Gasteiger partial charge in [0.15, 0.2) is 5.17 Å². The Kier molecular flexibility index (Phi) is 7.96. The Balaban J connectivity index is 1.53. The Morgan fingerprint density at radius 2 is 1.85 bits per heavy atom. The summed E-state index contributed by atoms with van der Waals surface area (Å²) in [5.74, 6) is 0.681. The van der Waals surface area contributed by atoms with Crippen molar-refractivity contribution in [3.63, 3.8) is 0 Å². The number of amidine groups is 1. The van der Waals surface area contributed by atoms with Crippen molar-refractivity contribution in [2.75, 3.05) is 6.54 Å². The van der Waals surface area contributed by atoms with E-state index in [2.05, 4.69) is 36.9 Å². The number of likely N-dealkylation sites (N-methyl/N-ethyl adjacent to an activating group) is 1. The Labute approximate surface area is 218 Å². The number of hydrogen-bond acceptors (Lipinski definition) is 4. The Hall–Kier alpha value is -2.06. The standard InChI is InChI=1S/C25H19Br2ClN2O2S/c1-2-30-24(31)23(33-25(30)29-18-9-10-19(26)21(28)14-18)13-17-8-11-22(20(27)12-17)32-15-16-6-4-3-5-7-16/h3-14H,2,15H2,1H3/b23-13-,29-25?. The summed E-state index contributed by atoms with van der Waals surface area (Å²) >= 11 is 14.5. The van der Waals surface area contributed by atoms with Gasteiger partial charge in [0, 0.05) is 11.0 Å². The molecule has 8 heteroatoms. The molecule has 1 aliphatic heterocycles. The van der Waals surface area contributed by atoms with Crippen LogP contribution in [0.2, 0.25) is 5.02 Å². The molecule has 0 aromatic heterocycles. The first-order valence-corrected chi connectivity index (χ1v) is 12.9. The molecule has 4 nitrogen and oxygen atoms in total. The average molecular weight is 607 g/mol. The number of nitrogens with zero attached hydrogens (tertiary/aromatic N) is 2. The largest absolute Gasteiger partial charge is 0.488 e. The first-order chi connectivity index (χ1) is 15.9. The van der Waals surface area contributed by atoms with E-state index in [1.54, 1.807) is 11.0 Å². The quantitative estimate of drug-likeness (QED) is 0.267. The molecule has 0 N–H and O–H groups in total. The van der Waals surface area contributed by atoms with Gasteiger partial charge >= 0.3 is 0 Å². The van der Waals surface area contributed by atoms with Gasteiger partial charge in [-0.05, 0) is 98.1 Å². The molecule has 4 rings (SSSR count). The Bertz CT molecular complexity index is 1250. The predicted octanol–water partition coefficient (Wildman–Crippen LogP) is 8.07. The van der Waals surface area contributed by atoms with Crippen molar-refractivity contribution in [3.8, 4) is 5.75 Å². The molecule has 0 radical (unpaired) electrons. The van der Waals surface area contributed by atoms with Crippen molar-refractivity contribution < 1.29 is 9.53 Å². The van der Waals surface area contributed by atoms with Gasteiger partial charge in [-0.3, -0.25) is 9.69 Å². The fourth-order valence-electron chi connectivity index (χ4n) is 3.15. The molecule has 0 bridgehead atoms. The molecular weight excluding hydrogens is 588 g/mol. The number of halogens is 3. The van der Waals surface area contributed by atoms with Crippen LogP contribution in [0.1, 0.15) is 18.1 Å². The van der Waals surface area contributed by atoms with E-state index < -0.39 is 0 Å². The van der Waals surface area contributed by atoms with E-state index in [0.29, 0.717) is 33.9 Å². The molecule has 0 saturated carbocycles. The van der Waals surface area contributed by atoms with Crippen molar-refractivity contribution in [2.24, 2.45) is 4.99 Å². The number of hydrogen-bond donors (Lipinski definition) is 0. The first-order valence-electron chi connectivity index (χ1n) is 10.2. The van der Waals surface area contributed by atoms with E-state index in [1.807, 2.05) is 73.7 Å². The van der Waals surface area contributed by atoms with Gasteiger partial charge in [-0.15, -0.1) is 0 Å². The summed E-state index contributed by atoms with van der Waals surface area (Å²) in [6.07, 6.45) is 1.87. The number of amides is 1. The number of rotatable bonds is 6. The molecule has 168 valence electrons. The summed E-state index contributed by atoms with van der Waals surface area (Å²) in [5, 5.41) is 1.21. The van der Waals surface area contributed by atoms with Crippen LogP contribution in [0.5, 0.6) is 5.75 Å². The smallest absolute Gasteiger partial charge is 0.266 e. The molecule has 33 heavy (non-hydrogen) atoms. The summed E-state index contributed by atoms with van der Waals surface area (Å²) in [7, 11) is 0. The monoisotopic (exact) mass is 604 g/mol. The lowest BCUT2D eigenvalue weighted by atomic mass is 10.2. The van der Waals surface area contributed by atoms with Crippen molar-refractivity contribution in [3.05, 3.63) is 96.7 Å². The van der Waals surface area contributed by atoms with Crippen LogP contribution in [0.15, 0.2) is 85.6 Å². The zero-order chi connectivity index (χ0) is 23.4. The summed E-state index contributed by atoms with van der Waals surface area (Å²) in [6, 6.07) is 21.3. The van der Waals surface area contributed by atoms with Gasteiger partial charge in [0.05, 0.1) is 20.1 Å². The molecule has 1 heterocycles. The van der Waals surface area contributed by atoms with Crippen LogP contribution in [-0.4, -0.2) is 22.5 Å². The fourth-order valence-corrected chi connectivity index (χ4v) is 5.14. The second-order valence-corrected chi connectivity index (χ2v) is 10.2.